The number of nitrogens with one attached hydrogen (secondary N) is 1. The molecule has 3 rings (SSSR count). The molecule has 1 aliphatic heterocycles. The molecule has 5 heteroatoms. The molecule has 0 amide bonds. The second-order valence-electron chi connectivity index (χ2n) is 4.29. The van der Waals surface area contributed by atoms with Crippen molar-refractivity contribution in [2.45, 2.75) is 18.9 Å². The molecule has 1 fully saturated rings. The molecule has 0 radical (unpaired) electrons. The molecule has 16 heavy (non-hydrogen) atoms. The van der Waals surface area contributed by atoms with E-state index in [0.717, 1.165) is 42.9 Å². The molecular weight excluding hydrogens is 202 g/mol. The summed E-state index contributed by atoms with van der Waals surface area (Å²) >= 11 is 0. The zero-order valence-electron chi connectivity index (χ0n) is 9.06. The number of rotatable bonds is 1. The van der Waals surface area contributed by atoms with Crippen LogP contribution in [0.3, 0.4) is 0 Å². The normalized spacial score (nSPS) is 21.6. The SMILES string of the molecule is NC1CCCN(c2cnc3[nH]ccc3n2)C1. The van der Waals surface area contributed by atoms with Gasteiger partial charge < -0.3 is 15.6 Å². The van der Waals surface area contributed by atoms with Crippen molar-refractivity contribution >= 4 is 17.0 Å². The monoisotopic (exact) mass is 217 g/mol. The minimum absolute atomic E-state index is 0.262. The number of hydrogen-bond donors (Lipinski definition) is 2. The van der Waals surface area contributed by atoms with Gasteiger partial charge in [0.05, 0.1) is 6.20 Å². The highest BCUT2D eigenvalue weighted by molar-refractivity contribution is 5.72. The van der Waals surface area contributed by atoms with Crippen LogP contribution in [0.2, 0.25) is 0 Å². The molecule has 1 aliphatic rings. The van der Waals surface area contributed by atoms with E-state index < -0.39 is 0 Å². The Labute approximate surface area is 93.7 Å². The van der Waals surface area contributed by atoms with Crippen molar-refractivity contribution in [3.8, 4) is 0 Å². The zero-order valence-corrected chi connectivity index (χ0v) is 9.06. The van der Waals surface area contributed by atoms with Crippen LogP contribution in [0.1, 0.15) is 12.8 Å². The van der Waals surface area contributed by atoms with Crippen LogP contribution in [0.25, 0.3) is 11.2 Å². The molecule has 1 saturated heterocycles. The number of nitrogens with zero attached hydrogens (tertiary/aromatic N) is 3. The maximum Gasteiger partial charge on any atom is 0.156 e. The van der Waals surface area contributed by atoms with E-state index in [0.29, 0.717) is 0 Å². The summed E-state index contributed by atoms with van der Waals surface area (Å²) in [5.41, 5.74) is 7.71. The van der Waals surface area contributed by atoms with Crippen LogP contribution >= 0.6 is 0 Å². The quantitative estimate of drug-likeness (QED) is 0.744. The third-order valence-electron chi connectivity index (χ3n) is 3.03. The van der Waals surface area contributed by atoms with Crippen LogP contribution in [0.15, 0.2) is 18.5 Å². The van der Waals surface area contributed by atoms with E-state index in [2.05, 4.69) is 19.9 Å². The number of aromatic amines is 1. The highest BCUT2D eigenvalue weighted by Gasteiger charge is 2.18. The van der Waals surface area contributed by atoms with E-state index in [9.17, 15) is 0 Å². The fraction of sp³-hybridized carbons (Fsp3) is 0.455. The summed E-state index contributed by atoms with van der Waals surface area (Å²) in [5, 5.41) is 0. The van der Waals surface area contributed by atoms with Crippen LogP contribution in [0, 0.1) is 0 Å². The van der Waals surface area contributed by atoms with Crippen LogP contribution in [-0.4, -0.2) is 34.1 Å². The van der Waals surface area contributed by atoms with Crippen LogP contribution in [0.4, 0.5) is 5.82 Å². The summed E-state index contributed by atoms with van der Waals surface area (Å²) in [4.78, 5) is 14.2. The summed E-state index contributed by atoms with van der Waals surface area (Å²) < 4.78 is 0. The Morgan fingerprint density at radius 3 is 3.31 bits per heavy atom. The minimum atomic E-state index is 0.262. The lowest BCUT2D eigenvalue weighted by atomic mass is 10.1. The fourth-order valence-corrected chi connectivity index (χ4v) is 2.19. The topological polar surface area (TPSA) is 70.8 Å². The summed E-state index contributed by atoms with van der Waals surface area (Å²) in [6, 6.07) is 2.20. The third kappa shape index (κ3) is 1.63. The second kappa shape index (κ2) is 3.75. The van der Waals surface area contributed by atoms with Gasteiger partial charge in [-0.3, -0.25) is 0 Å². The van der Waals surface area contributed by atoms with Crippen molar-refractivity contribution in [1.82, 2.24) is 15.0 Å². The summed E-state index contributed by atoms with van der Waals surface area (Å²) in [6.07, 6.45) is 5.91. The van der Waals surface area contributed by atoms with Crippen molar-refractivity contribution in [2.75, 3.05) is 18.0 Å². The second-order valence-corrected chi connectivity index (χ2v) is 4.29. The molecule has 3 heterocycles. The van der Waals surface area contributed by atoms with Gasteiger partial charge >= 0.3 is 0 Å². The lowest BCUT2D eigenvalue weighted by Crippen LogP contribution is -2.43. The minimum Gasteiger partial charge on any atom is -0.354 e. The Balaban J connectivity index is 1.92. The number of fused-ring (bicyclic) bond motifs is 1. The first-order valence-corrected chi connectivity index (χ1v) is 5.63. The average molecular weight is 217 g/mol. The van der Waals surface area contributed by atoms with Gasteiger partial charge in [0, 0.05) is 25.3 Å². The van der Waals surface area contributed by atoms with Crippen LogP contribution in [-0.2, 0) is 0 Å². The molecular formula is C11H15N5. The molecule has 2 aromatic heterocycles. The van der Waals surface area contributed by atoms with E-state index in [1.807, 2.05) is 18.5 Å². The molecule has 84 valence electrons. The van der Waals surface area contributed by atoms with Gasteiger partial charge in [0.1, 0.15) is 11.3 Å². The lowest BCUT2D eigenvalue weighted by Gasteiger charge is -2.31. The molecule has 0 spiro atoms. The Bertz CT molecular complexity index is 492. The molecule has 2 aromatic rings. The van der Waals surface area contributed by atoms with Gasteiger partial charge in [0.2, 0.25) is 0 Å². The first-order valence-electron chi connectivity index (χ1n) is 5.63. The van der Waals surface area contributed by atoms with Gasteiger partial charge in [-0.2, -0.15) is 0 Å². The van der Waals surface area contributed by atoms with E-state index in [4.69, 9.17) is 5.73 Å². The molecule has 1 unspecified atom stereocenters. The molecule has 1 atom stereocenters. The van der Waals surface area contributed by atoms with Crippen molar-refractivity contribution in [3.63, 3.8) is 0 Å². The van der Waals surface area contributed by atoms with Gasteiger partial charge in [-0.15, -0.1) is 0 Å². The van der Waals surface area contributed by atoms with Crippen LogP contribution < -0.4 is 10.6 Å². The first kappa shape index (κ1) is 9.59. The largest absolute Gasteiger partial charge is 0.354 e. The molecule has 0 saturated carbocycles. The molecule has 0 aromatic carbocycles. The first-order chi connectivity index (χ1) is 7.83. The number of aromatic nitrogens is 3. The van der Waals surface area contributed by atoms with E-state index in [1.54, 1.807) is 0 Å². The number of nitrogens with two attached hydrogens (primary N) is 1. The van der Waals surface area contributed by atoms with Gasteiger partial charge in [-0.05, 0) is 18.9 Å². The third-order valence-corrected chi connectivity index (χ3v) is 3.03. The van der Waals surface area contributed by atoms with E-state index >= 15 is 0 Å². The van der Waals surface area contributed by atoms with E-state index in [-0.39, 0.29) is 6.04 Å². The highest BCUT2D eigenvalue weighted by atomic mass is 15.2. The predicted octanol–water partition coefficient (Wildman–Crippen LogP) is 0.885. The van der Waals surface area contributed by atoms with E-state index in [1.165, 1.54) is 0 Å². The zero-order chi connectivity index (χ0) is 11.0. The highest BCUT2D eigenvalue weighted by Crippen LogP contribution is 2.18. The molecule has 0 bridgehead atoms. The van der Waals surface area contributed by atoms with Crippen molar-refractivity contribution in [3.05, 3.63) is 18.5 Å². The maximum atomic E-state index is 5.96. The molecule has 5 nitrogen and oxygen atoms in total. The Hall–Kier alpha value is -1.62. The van der Waals surface area contributed by atoms with Crippen molar-refractivity contribution < 1.29 is 0 Å². The fourth-order valence-electron chi connectivity index (χ4n) is 2.19. The summed E-state index contributed by atoms with van der Waals surface area (Å²) in [7, 11) is 0. The number of H-pyrrole nitrogens is 1. The standard InChI is InChI=1S/C11H15N5/c12-8-2-1-5-16(7-8)10-6-14-11-9(15-10)3-4-13-11/h3-4,6,8H,1-2,5,7,12H2,(H,13,14). The van der Waals surface area contributed by atoms with Crippen molar-refractivity contribution in [2.24, 2.45) is 5.73 Å². The van der Waals surface area contributed by atoms with Gasteiger partial charge in [0.25, 0.3) is 0 Å². The van der Waals surface area contributed by atoms with Crippen LogP contribution in [0.5, 0.6) is 0 Å². The molecule has 3 N–H and O–H groups in total. The lowest BCUT2D eigenvalue weighted by molar-refractivity contribution is 0.503. The smallest absolute Gasteiger partial charge is 0.156 e. The summed E-state index contributed by atoms with van der Waals surface area (Å²) in [5.74, 6) is 0.933. The van der Waals surface area contributed by atoms with Gasteiger partial charge in [0.15, 0.2) is 5.65 Å². The van der Waals surface area contributed by atoms with Crippen molar-refractivity contribution in [1.29, 1.82) is 0 Å². The number of anilines is 1. The number of hydrogen-bond acceptors (Lipinski definition) is 4. The predicted molar refractivity (Wildman–Crippen MR) is 63.3 cm³/mol. The van der Waals surface area contributed by atoms with Gasteiger partial charge in [-0.25, -0.2) is 9.97 Å². The molecule has 0 aliphatic carbocycles. The maximum absolute atomic E-state index is 5.96. The Morgan fingerprint density at radius 2 is 2.44 bits per heavy atom. The Morgan fingerprint density at radius 1 is 1.50 bits per heavy atom. The average Bonchev–Trinajstić information content (AvgIpc) is 2.75. The van der Waals surface area contributed by atoms with Gasteiger partial charge in [-0.1, -0.05) is 0 Å². The number of piperidine rings is 1. The summed E-state index contributed by atoms with van der Waals surface area (Å²) in [6.45, 7) is 1.91. The Kier molecular flexibility index (Phi) is 2.25.